The standard InChI is InChI=1S/C22H33N5O3.HI/c1-2-12-23-21(24-17-19-6-8-20(9-7-19)27(28)29)25-18-22(10-4-3-5-11-22)26-13-15-30-16-14-26;/h2,6-9H,1,3-5,10-18H2,(H2,23,24,25);1H. The Hall–Kier alpha value is -1.72. The lowest BCUT2D eigenvalue weighted by molar-refractivity contribution is -0.384. The Morgan fingerprint density at radius 3 is 2.48 bits per heavy atom. The maximum atomic E-state index is 10.8. The van der Waals surface area contributed by atoms with E-state index in [-0.39, 0.29) is 40.1 Å². The van der Waals surface area contributed by atoms with Gasteiger partial charge in [0.15, 0.2) is 5.96 Å². The SMILES string of the molecule is C=CCNC(=NCc1ccc([N+](=O)[O-])cc1)NCC1(N2CCOCC2)CCCCC1.I. The van der Waals surface area contributed by atoms with E-state index in [0.29, 0.717) is 13.1 Å². The van der Waals surface area contributed by atoms with E-state index >= 15 is 0 Å². The fourth-order valence-corrected chi connectivity index (χ4v) is 4.34. The predicted molar refractivity (Wildman–Crippen MR) is 134 cm³/mol. The van der Waals surface area contributed by atoms with Crippen LogP contribution in [-0.2, 0) is 11.3 Å². The zero-order valence-electron chi connectivity index (χ0n) is 18.1. The number of morpholine rings is 1. The van der Waals surface area contributed by atoms with Crippen LogP contribution < -0.4 is 10.6 Å². The van der Waals surface area contributed by atoms with Crippen LogP contribution in [0.15, 0.2) is 41.9 Å². The highest BCUT2D eigenvalue weighted by Gasteiger charge is 2.38. The molecule has 0 radical (unpaired) electrons. The molecule has 0 unspecified atom stereocenters. The fraction of sp³-hybridized carbons (Fsp3) is 0.591. The van der Waals surface area contributed by atoms with Gasteiger partial charge in [0.25, 0.3) is 5.69 Å². The van der Waals surface area contributed by atoms with Crippen molar-refractivity contribution in [2.45, 2.75) is 44.2 Å². The number of benzene rings is 1. The molecule has 1 saturated carbocycles. The van der Waals surface area contributed by atoms with Crippen LogP contribution in [0.5, 0.6) is 0 Å². The largest absolute Gasteiger partial charge is 0.379 e. The van der Waals surface area contributed by atoms with Crippen LogP contribution in [-0.4, -0.2) is 60.7 Å². The number of nitro benzene ring substituents is 1. The summed E-state index contributed by atoms with van der Waals surface area (Å²) in [6.45, 7) is 9.27. The summed E-state index contributed by atoms with van der Waals surface area (Å²) in [7, 11) is 0. The topological polar surface area (TPSA) is 92.0 Å². The number of hydrogen-bond acceptors (Lipinski definition) is 5. The summed E-state index contributed by atoms with van der Waals surface area (Å²) in [5.41, 5.74) is 1.17. The smallest absolute Gasteiger partial charge is 0.269 e. The molecule has 172 valence electrons. The van der Waals surface area contributed by atoms with Crippen LogP contribution in [0.3, 0.4) is 0 Å². The number of rotatable bonds is 8. The molecule has 1 saturated heterocycles. The van der Waals surface area contributed by atoms with E-state index in [2.05, 4.69) is 22.1 Å². The number of non-ortho nitro benzene ring substituents is 1. The van der Waals surface area contributed by atoms with Crippen LogP contribution >= 0.6 is 24.0 Å². The van der Waals surface area contributed by atoms with Gasteiger partial charge in [-0.2, -0.15) is 0 Å². The van der Waals surface area contributed by atoms with E-state index in [0.717, 1.165) is 44.4 Å². The minimum absolute atomic E-state index is 0. The Morgan fingerprint density at radius 1 is 1.19 bits per heavy atom. The molecule has 1 aromatic rings. The highest BCUT2D eigenvalue weighted by molar-refractivity contribution is 14.0. The second-order valence-corrected chi connectivity index (χ2v) is 8.00. The van der Waals surface area contributed by atoms with Gasteiger partial charge in [-0.15, -0.1) is 30.6 Å². The highest BCUT2D eigenvalue weighted by atomic mass is 127. The molecule has 2 fully saturated rings. The molecule has 0 bridgehead atoms. The van der Waals surface area contributed by atoms with Gasteiger partial charge in [-0.25, -0.2) is 4.99 Å². The van der Waals surface area contributed by atoms with Crippen molar-refractivity contribution in [1.82, 2.24) is 15.5 Å². The Balaban J connectivity index is 0.00000341. The Morgan fingerprint density at radius 2 is 1.87 bits per heavy atom. The van der Waals surface area contributed by atoms with E-state index in [1.54, 1.807) is 18.2 Å². The molecule has 2 aliphatic rings. The van der Waals surface area contributed by atoms with E-state index in [9.17, 15) is 10.1 Å². The van der Waals surface area contributed by atoms with Gasteiger partial charge >= 0.3 is 0 Å². The summed E-state index contributed by atoms with van der Waals surface area (Å²) in [5.74, 6) is 0.742. The third-order valence-electron chi connectivity index (χ3n) is 6.03. The van der Waals surface area contributed by atoms with Gasteiger partial charge in [-0.05, 0) is 18.4 Å². The van der Waals surface area contributed by atoms with Crippen molar-refractivity contribution in [3.8, 4) is 0 Å². The van der Waals surface area contributed by atoms with Crippen molar-refractivity contribution in [2.24, 2.45) is 4.99 Å². The molecular weight excluding hydrogens is 509 g/mol. The first-order chi connectivity index (χ1) is 14.6. The molecule has 1 aliphatic heterocycles. The van der Waals surface area contributed by atoms with E-state index in [4.69, 9.17) is 9.73 Å². The summed E-state index contributed by atoms with van der Waals surface area (Å²) in [6.07, 6.45) is 8.01. The first-order valence-corrected chi connectivity index (χ1v) is 10.8. The average molecular weight is 543 g/mol. The lowest BCUT2D eigenvalue weighted by atomic mass is 9.80. The minimum atomic E-state index is -0.388. The van der Waals surface area contributed by atoms with Gasteiger partial charge < -0.3 is 15.4 Å². The van der Waals surface area contributed by atoms with Crippen LogP contribution in [0, 0.1) is 10.1 Å². The molecule has 1 aromatic carbocycles. The molecule has 0 atom stereocenters. The lowest BCUT2D eigenvalue weighted by Crippen LogP contribution is -2.60. The molecule has 8 nitrogen and oxygen atoms in total. The van der Waals surface area contributed by atoms with Crippen LogP contribution in [0.2, 0.25) is 0 Å². The first kappa shape index (κ1) is 25.5. The Bertz CT molecular complexity index is 729. The number of guanidine groups is 1. The van der Waals surface area contributed by atoms with Gasteiger partial charge in [0, 0.05) is 43.9 Å². The zero-order chi connectivity index (χ0) is 21.2. The summed E-state index contributed by atoms with van der Waals surface area (Å²) in [5, 5.41) is 17.7. The second-order valence-electron chi connectivity index (χ2n) is 8.00. The van der Waals surface area contributed by atoms with Gasteiger partial charge in [0.1, 0.15) is 0 Å². The quantitative estimate of drug-likeness (QED) is 0.130. The van der Waals surface area contributed by atoms with Crippen LogP contribution in [0.25, 0.3) is 0 Å². The highest BCUT2D eigenvalue weighted by Crippen LogP contribution is 2.33. The number of halogens is 1. The van der Waals surface area contributed by atoms with Gasteiger partial charge in [-0.1, -0.05) is 37.5 Å². The van der Waals surface area contributed by atoms with Gasteiger partial charge in [-0.3, -0.25) is 15.0 Å². The molecule has 3 rings (SSSR count). The average Bonchev–Trinajstić information content (AvgIpc) is 2.80. The molecule has 0 amide bonds. The molecule has 9 heteroatoms. The fourth-order valence-electron chi connectivity index (χ4n) is 4.34. The van der Waals surface area contributed by atoms with Gasteiger partial charge in [0.05, 0.1) is 24.7 Å². The molecule has 0 aromatic heterocycles. The van der Waals surface area contributed by atoms with Crippen LogP contribution in [0.1, 0.15) is 37.7 Å². The second kappa shape index (κ2) is 13.0. The van der Waals surface area contributed by atoms with Crippen molar-refractivity contribution < 1.29 is 9.66 Å². The van der Waals surface area contributed by atoms with Crippen molar-refractivity contribution in [1.29, 1.82) is 0 Å². The maximum absolute atomic E-state index is 10.8. The summed E-state index contributed by atoms with van der Waals surface area (Å²) >= 11 is 0. The number of nitrogens with one attached hydrogen (secondary N) is 2. The third-order valence-corrected chi connectivity index (χ3v) is 6.03. The van der Waals surface area contributed by atoms with E-state index in [1.807, 2.05) is 0 Å². The monoisotopic (exact) mass is 543 g/mol. The summed E-state index contributed by atoms with van der Waals surface area (Å²) in [6, 6.07) is 6.54. The molecule has 1 aliphatic carbocycles. The van der Waals surface area contributed by atoms with Crippen molar-refractivity contribution in [3.63, 3.8) is 0 Å². The number of ether oxygens (including phenoxy) is 1. The molecule has 1 heterocycles. The number of hydrogen-bond donors (Lipinski definition) is 2. The van der Waals surface area contributed by atoms with Crippen molar-refractivity contribution in [3.05, 3.63) is 52.6 Å². The zero-order valence-corrected chi connectivity index (χ0v) is 20.4. The Kier molecular flexibility index (Phi) is 10.7. The minimum Gasteiger partial charge on any atom is -0.379 e. The lowest BCUT2D eigenvalue weighted by Gasteiger charge is -2.48. The van der Waals surface area contributed by atoms with Gasteiger partial charge in [0.2, 0.25) is 0 Å². The maximum Gasteiger partial charge on any atom is 0.269 e. The van der Waals surface area contributed by atoms with Crippen molar-refractivity contribution >= 4 is 35.6 Å². The molecule has 31 heavy (non-hydrogen) atoms. The predicted octanol–water partition coefficient (Wildman–Crippen LogP) is 3.47. The summed E-state index contributed by atoms with van der Waals surface area (Å²) in [4.78, 5) is 17.7. The third kappa shape index (κ3) is 7.43. The molecular formula is C22H34IN5O3. The van der Waals surface area contributed by atoms with Crippen LogP contribution in [0.4, 0.5) is 5.69 Å². The summed E-state index contributed by atoms with van der Waals surface area (Å²) < 4.78 is 5.57. The normalized spacial score (nSPS) is 19.2. The first-order valence-electron chi connectivity index (χ1n) is 10.8. The van der Waals surface area contributed by atoms with E-state index < -0.39 is 0 Å². The molecule has 0 spiro atoms. The Labute approximate surface area is 201 Å². The van der Waals surface area contributed by atoms with Crippen molar-refractivity contribution in [2.75, 3.05) is 39.4 Å². The number of nitro groups is 1. The number of aliphatic imine (C=N–C) groups is 1. The molecule has 2 N–H and O–H groups in total. The van der Waals surface area contributed by atoms with E-state index in [1.165, 1.54) is 44.2 Å². The number of nitrogens with zero attached hydrogens (tertiary/aromatic N) is 3.